The quantitative estimate of drug-likeness (QED) is 0.650. The second kappa shape index (κ2) is 4.31. The van der Waals surface area contributed by atoms with E-state index in [0.29, 0.717) is 10.8 Å². The molecular formula is C7H10N2O3S. The maximum atomic E-state index is 10.6. The van der Waals surface area contributed by atoms with Crippen molar-refractivity contribution in [3.63, 3.8) is 0 Å². The number of aliphatic hydroxyl groups is 2. The number of hydrogen-bond donors (Lipinski definition) is 3. The van der Waals surface area contributed by atoms with Gasteiger partial charge in [-0.2, -0.15) is 0 Å². The van der Waals surface area contributed by atoms with Crippen LogP contribution in [0.3, 0.4) is 0 Å². The summed E-state index contributed by atoms with van der Waals surface area (Å²) in [5.41, 5.74) is 0.372. The Labute approximate surface area is 79.1 Å². The van der Waals surface area contributed by atoms with Gasteiger partial charge in [-0.1, -0.05) is 0 Å². The summed E-state index contributed by atoms with van der Waals surface area (Å²) in [5, 5.41) is 22.3. The van der Waals surface area contributed by atoms with Crippen molar-refractivity contribution in [2.75, 3.05) is 11.9 Å². The average Bonchev–Trinajstić information content (AvgIpc) is 2.50. The smallest absolute Gasteiger partial charge is 0.223 e. The number of anilines is 1. The molecule has 1 aromatic rings. The van der Waals surface area contributed by atoms with E-state index in [0.717, 1.165) is 0 Å². The molecule has 0 radical (unpaired) electrons. The molecule has 1 aromatic heterocycles. The molecule has 0 aliphatic rings. The number of aliphatic hydroxyl groups excluding tert-OH is 2. The van der Waals surface area contributed by atoms with E-state index in [1.54, 1.807) is 5.38 Å². The SMILES string of the molecule is CC(=O)Nc1nc(C(O)CO)cs1. The summed E-state index contributed by atoms with van der Waals surface area (Å²) in [6, 6.07) is 0. The molecule has 72 valence electrons. The van der Waals surface area contributed by atoms with Crippen LogP contribution in [0, 0.1) is 0 Å². The van der Waals surface area contributed by atoms with Crippen molar-refractivity contribution in [1.29, 1.82) is 0 Å². The van der Waals surface area contributed by atoms with Crippen molar-refractivity contribution in [3.8, 4) is 0 Å². The van der Waals surface area contributed by atoms with Gasteiger partial charge in [0.05, 0.1) is 12.3 Å². The molecule has 0 aliphatic heterocycles. The summed E-state index contributed by atoms with van der Waals surface area (Å²) in [6.45, 7) is 1.01. The fourth-order valence-corrected chi connectivity index (χ4v) is 1.54. The zero-order valence-electron chi connectivity index (χ0n) is 7.02. The first kappa shape index (κ1) is 10.1. The summed E-state index contributed by atoms with van der Waals surface area (Å²) in [4.78, 5) is 14.5. The van der Waals surface area contributed by atoms with Gasteiger partial charge in [0.15, 0.2) is 5.13 Å². The number of thiazole rings is 1. The summed E-state index contributed by atoms with van der Waals surface area (Å²) in [6.07, 6.45) is -0.973. The molecule has 1 rings (SSSR count). The molecular weight excluding hydrogens is 192 g/mol. The van der Waals surface area contributed by atoms with Crippen molar-refractivity contribution in [2.45, 2.75) is 13.0 Å². The zero-order valence-corrected chi connectivity index (χ0v) is 7.84. The molecule has 0 fully saturated rings. The van der Waals surface area contributed by atoms with Crippen LogP contribution >= 0.6 is 11.3 Å². The standard InChI is InChI=1S/C7H10N2O3S/c1-4(11)8-7-9-5(3-13-7)6(12)2-10/h3,6,10,12H,2H2,1H3,(H,8,9,11). The lowest BCUT2D eigenvalue weighted by Crippen LogP contribution is -2.07. The summed E-state index contributed by atoms with van der Waals surface area (Å²) < 4.78 is 0. The molecule has 0 aromatic carbocycles. The van der Waals surface area contributed by atoms with Gasteiger partial charge in [0.25, 0.3) is 0 Å². The van der Waals surface area contributed by atoms with E-state index in [1.165, 1.54) is 18.3 Å². The van der Waals surface area contributed by atoms with Crippen molar-refractivity contribution in [2.24, 2.45) is 0 Å². The third-order valence-corrected chi connectivity index (χ3v) is 2.10. The molecule has 1 unspecified atom stereocenters. The van der Waals surface area contributed by atoms with Gasteiger partial charge in [-0.25, -0.2) is 4.98 Å². The van der Waals surface area contributed by atoms with Crippen molar-refractivity contribution in [1.82, 2.24) is 4.98 Å². The molecule has 0 spiro atoms. The van der Waals surface area contributed by atoms with Crippen LogP contribution in [0.1, 0.15) is 18.7 Å². The van der Waals surface area contributed by atoms with Gasteiger partial charge < -0.3 is 15.5 Å². The van der Waals surface area contributed by atoms with Gasteiger partial charge in [-0.15, -0.1) is 11.3 Å². The molecule has 6 heteroatoms. The molecule has 3 N–H and O–H groups in total. The maximum Gasteiger partial charge on any atom is 0.223 e. The minimum Gasteiger partial charge on any atom is -0.393 e. The minimum atomic E-state index is -0.973. The Morgan fingerprint density at radius 3 is 3.08 bits per heavy atom. The van der Waals surface area contributed by atoms with E-state index in [2.05, 4.69) is 10.3 Å². The lowest BCUT2D eigenvalue weighted by Gasteiger charge is -2.00. The van der Waals surface area contributed by atoms with E-state index in [1.807, 2.05) is 0 Å². The Balaban J connectivity index is 2.68. The highest BCUT2D eigenvalue weighted by atomic mass is 32.1. The third-order valence-electron chi connectivity index (χ3n) is 1.32. The number of amides is 1. The first-order valence-electron chi connectivity index (χ1n) is 3.65. The number of rotatable bonds is 3. The number of carbonyl (C=O) groups excluding carboxylic acids is 1. The normalized spacial score (nSPS) is 12.5. The highest BCUT2D eigenvalue weighted by molar-refractivity contribution is 7.13. The van der Waals surface area contributed by atoms with E-state index < -0.39 is 6.10 Å². The van der Waals surface area contributed by atoms with Crippen LogP contribution in [0.25, 0.3) is 0 Å². The van der Waals surface area contributed by atoms with Crippen LogP contribution < -0.4 is 5.32 Å². The lowest BCUT2D eigenvalue weighted by atomic mass is 10.3. The highest BCUT2D eigenvalue weighted by Gasteiger charge is 2.10. The van der Waals surface area contributed by atoms with E-state index in [-0.39, 0.29) is 12.5 Å². The van der Waals surface area contributed by atoms with Crippen molar-refractivity contribution in [3.05, 3.63) is 11.1 Å². The van der Waals surface area contributed by atoms with Crippen molar-refractivity contribution >= 4 is 22.4 Å². The lowest BCUT2D eigenvalue weighted by molar-refractivity contribution is -0.114. The largest absolute Gasteiger partial charge is 0.393 e. The predicted molar refractivity (Wildman–Crippen MR) is 48.5 cm³/mol. The molecule has 13 heavy (non-hydrogen) atoms. The number of aromatic nitrogens is 1. The predicted octanol–water partition coefficient (Wildman–Crippen LogP) is 0.127. The van der Waals surface area contributed by atoms with Crippen LogP contribution in [0.4, 0.5) is 5.13 Å². The topological polar surface area (TPSA) is 82.5 Å². The first-order chi connectivity index (χ1) is 6.13. The fourth-order valence-electron chi connectivity index (χ4n) is 0.741. The van der Waals surface area contributed by atoms with Gasteiger partial charge in [0, 0.05) is 12.3 Å². The second-order valence-electron chi connectivity index (χ2n) is 2.46. The van der Waals surface area contributed by atoms with Crippen LogP contribution in [-0.2, 0) is 4.79 Å². The number of nitrogens with zero attached hydrogens (tertiary/aromatic N) is 1. The molecule has 0 saturated heterocycles. The third kappa shape index (κ3) is 2.76. The minimum absolute atomic E-state index is 0.209. The Hall–Kier alpha value is -0.980. The molecule has 0 aliphatic carbocycles. The Morgan fingerprint density at radius 1 is 1.85 bits per heavy atom. The van der Waals surface area contributed by atoms with Crippen LogP contribution in [-0.4, -0.2) is 27.7 Å². The second-order valence-corrected chi connectivity index (χ2v) is 3.32. The first-order valence-corrected chi connectivity index (χ1v) is 4.53. The Kier molecular flexibility index (Phi) is 3.35. The van der Waals surface area contributed by atoms with Gasteiger partial charge in [0.1, 0.15) is 6.10 Å². The van der Waals surface area contributed by atoms with Crippen molar-refractivity contribution < 1.29 is 15.0 Å². The Bertz CT molecular complexity index is 300. The summed E-state index contributed by atoms with van der Waals surface area (Å²) >= 11 is 1.21. The monoisotopic (exact) mass is 202 g/mol. The number of nitrogens with one attached hydrogen (secondary N) is 1. The molecule has 1 heterocycles. The molecule has 0 saturated carbocycles. The Morgan fingerprint density at radius 2 is 2.54 bits per heavy atom. The highest BCUT2D eigenvalue weighted by Crippen LogP contribution is 2.19. The summed E-state index contributed by atoms with van der Waals surface area (Å²) in [7, 11) is 0. The summed E-state index contributed by atoms with van der Waals surface area (Å²) in [5.74, 6) is -0.209. The fraction of sp³-hybridized carbons (Fsp3) is 0.429. The van der Waals surface area contributed by atoms with E-state index in [4.69, 9.17) is 10.2 Å². The number of carbonyl (C=O) groups is 1. The van der Waals surface area contributed by atoms with E-state index >= 15 is 0 Å². The molecule has 1 amide bonds. The zero-order chi connectivity index (χ0) is 9.84. The van der Waals surface area contributed by atoms with Gasteiger partial charge in [0.2, 0.25) is 5.91 Å². The van der Waals surface area contributed by atoms with Crippen LogP contribution in [0.15, 0.2) is 5.38 Å². The van der Waals surface area contributed by atoms with Gasteiger partial charge >= 0.3 is 0 Å². The maximum absolute atomic E-state index is 10.6. The number of hydrogen-bond acceptors (Lipinski definition) is 5. The van der Waals surface area contributed by atoms with Gasteiger partial charge in [-0.3, -0.25) is 4.79 Å². The van der Waals surface area contributed by atoms with E-state index in [9.17, 15) is 4.79 Å². The van der Waals surface area contributed by atoms with Gasteiger partial charge in [-0.05, 0) is 0 Å². The molecule has 1 atom stereocenters. The average molecular weight is 202 g/mol. The molecule has 5 nitrogen and oxygen atoms in total. The van der Waals surface area contributed by atoms with Crippen LogP contribution in [0.2, 0.25) is 0 Å². The van der Waals surface area contributed by atoms with Crippen LogP contribution in [0.5, 0.6) is 0 Å². The molecule has 0 bridgehead atoms.